The topological polar surface area (TPSA) is 89.5 Å². The van der Waals surface area contributed by atoms with Crippen LogP contribution in [0.15, 0.2) is 36.4 Å². The summed E-state index contributed by atoms with van der Waals surface area (Å²) in [7, 11) is 1.39. The molecule has 7 nitrogen and oxygen atoms in total. The second-order valence-electron chi connectivity index (χ2n) is 7.72. The third kappa shape index (κ3) is 3.04. The molecule has 1 fully saturated rings. The molecule has 2 aliphatic heterocycles. The van der Waals surface area contributed by atoms with E-state index in [2.05, 4.69) is 22.5 Å². The number of aromatic nitrogens is 1. The molecular weight excluding hydrogens is 358 g/mol. The highest BCUT2D eigenvalue weighted by Crippen LogP contribution is 2.44. The van der Waals surface area contributed by atoms with E-state index < -0.39 is 0 Å². The maximum Gasteiger partial charge on any atom is 0.340 e. The van der Waals surface area contributed by atoms with Crippen LogP contribution in [-0.2, 0) is 19.1 Å². The van der Waals surface area contributed by atoms with Gasteiger partial charge in [0.1, 0.15) is 6.10 Å². The van der Waals surface area contributed by atoms with E-state index in [4.69, 9.17) is 9.47 Å². The summed E-state index contributed by atoms with van der Waals surface area (Å²) in [6.45, 7) is 4.87. The van der Waals surface area contributed by atoms with Crippen LogP contribution in [0, 0.1) is 17.8 Å². The number of nitrogens with zero attached hydrogens (tertiary/aromatic N) is 1. The fraction of sp³-hybridized carbons (Fsp3) is 0.476. The Kier molecular flexibility index (Phi) is 4.83. The number of nitrogens with one attached hydrogen (secondary N) is 2. The lowest BCUT2D eigenvalue weighted by Crippen LogP contribution is -2.35. The number of pyridine rings is 1. The van der Waals surface area contributed by atoms with Gasteiger partial charge in [0, 0.05) is 42.8 Å². The summed E-state index contributed by atoms with van der Waals surface area (Å²) in [5, 5.41) is 6.38. The molecule has 148 valence electrons. The highest BCUT2D eigenvalue weighted by atomic mass is 16.5. The van der Waals surface area contributed by atoms with Gasteiger partial charge in [-0.15, -0.1) is 0 Å². The van der Waals surface area contributed by atoms with E-state index in [1.807, 2.05) is 13.0 Å². The zero-order chi connectivity index (χ0) is 19.8. The summed E-state index contributed by atoms with van der Waals surface area (Å²) in [6.07, 6.45) is 7.30. The third-order valence-corrected chi connectivity index (χ3v) is 6.26. The lowest BCUT2D eigenvalue weighted by molar-refractivity contribution is -0.143. The Labute approximate surface area is 164 Å². The minimum Gasteiger partial charge on any atom is -0.466 e. The van der Waals surface area contributed by atoms with E-state index in [1.54, 1.807) is 24.8 Å². The molecule has 5 atom stereocenters. The minimum absolute atomic E-state index is 0.0384. The Morgan fingerprint density at radius 3 is 2.82 bits per heavy atom. The molecule has 0 aromatic carbocycles. The van der Waals surface area contributed by atoms with Gasteiger partial charge in [-0.3, -0.25) is 4.98 Å². The fourth-order valence-electron chi connectivity index (χ4n) is 4.61. The van der Waals surface area contributed by atoms with Crippen LogP contribution < -0.4 is 10.6 Å². The first-order valence-corrected chi connectivity index (χ1v) is 9.64. The molecule has 1 aromatic heterocycles. The van der Waals surface area contributed by atoms with Crippen molar-refractivity contribution in [3.05, 3.63) is 47.6 Å². The van der Waals surface area contributed by atoms with Gasteiger partial charge >= 0.3 is 11.9 Å². The number of hydrogen-bond donors (Lipinski definition) is 2. The summed E-state index contributed by atoms with van der Waals surface area (Å²) in [4.78, 5) is 29.2. The van der Waals surface area contributed by atoms with Crippen LogP contribution in [0.1, 0.15) is 37.4 Å². The first kappa shape index (κ1) is 18.5. The number of carbonyl (C=O) groups is 2. The number of hydrogen-bond acceptors (Lipinski definition) is 7. The van der Waals surface area contributed by atoms with Crippen molar-refractivity contribution < 1.29 is 19.1 Å². The second kappa shape index (κ2) is 7.30. The molecule has 1 aliphatic carbocycles. The zero-order valence-corrected chi connectivity index (χ0v) is 16.3. The summed E-state index contributed by atoms with van der Waals surface area (Å²) in [6, 6.07) is 1.94. The van der Waals surface area contributed by atoms with Crippen molar-refractivity contribution in [3.63, 3.8) is 0 Å². The van der Waals surface area contributed by atoms with Gasteiger partial charge in [0.05, 0.1) is 24.3 Å². The lowest BCUT2D eigenvalue weighted by Gasteiger charge is -2.28. The van der Waals surface area contributed by atoms with Crippen LogP contribution in [0.25, 0.3) is 5.57 Å². The van der Waals surface area contributed by atoms with Gasteiger partial charge < -0.3 is 20.1 Å². The Morgan fingerprint density at radius 1 is 1.21 bits per heavy atom. The van der Waals surface area contributed by atoms with Crippen LogP contribution in [0.3, 0.4) is 0 Å². The fourth-order valence-corrected chi connectivity index (χ4v) is 4.61. The van der Waals surface area contributed by atoms with Crippen molar-refractivity contribution in [3.8, 4) is 0 Å². The molecule has 0 spiro atoms. The molecular formula is C21H25N3O4. The Balaban J connectivity index is 1.52. The highest BCUT2D eigenvalue weighted by molar-refractivity contribution is 6.17. The van der Waals surface area contributed by atoms with Gasteiger partial charge in [-0.25, -0.2) is 9.59 Å². The van der Waals surface area contributed by atoms with Crippen LogP contribution in [0.5, 0.6) is 0 Å². The molecule has 0 amide bonds. The SMILES string of the molecule is COC(=O)C1=CNC[C@@H]2[C@@H](C)[C@@H](OC(=O)C3=CN[C@@H](C)c4cnccc43)C[C@H]12. The van der Waals surface area contributed by atoms with E-state index in [0.717, 1.165) is 17.7 Å². The van der Waals surface area contributed by atoms with Crippen LogP contribution >= 0.6 is 0 Å². The number of carbonyl (C=O) groups excluding carboxylic acids is 2. The van der Waals surface area contributed by atoms with E-state index in [1.165, 1.54) is 7.11 Å². The second-order valence-corrected chi connectivity index (χ2v) is 7.72. The monoisotopic (exact) mass is 383 g/mol. The molecule has 2 N–H and O–H groups in total. The van der Waals surface area contributed by atoms with Gasteiger partial charge in [0.15, 0.2) is 0 Å². The first-order chi connectivity index (χ1) is 13.5. The average Bonchev–Trinajstić information content (AvgIpc) is 3.03. The van der Waals surface area contributed by atoms with Crippen molar-refractivity contribution in [1.82, 2.24) is 15.6 Å². The summed E-state index contributed by atoms with van der Waals surface area (Å²) >= 11 is 0. The number of rotatable bonds is 3. The maximum atomic E-state index is 13.0. The molecule has 0 unspecified atom stereocenters. The highest BCUT2D eigenvalue weighted by Gasteiger charge is 2.47. The van der Waals surface area contributed by atoms with E-state index in [0.29, 0.717) is 17.6 Å². The smallest absolute Gasteiger partial charge is 0.340 e. The van der Waals surface area contributed by atoms with Gasteiger partial charge in [-0.2, -0.15) is 0 Å². The number of fused-ring (bicyclic) bond motifs is 2. The lowest BCUT2D eigenvalue weighted by atomic mass is 9.83. The summed E-state index contributed by atoms with van der Waals surface area (Å²) in [5.41, 5.74) is 2.98. The Hall–Kier alpha value is -2.83. The zero-order valence-electron chi connectivity index (χ0n) is 16.3. The predicted molar refractivity (Wildman–Crippen MR) is 103 cm³/mol. The first-order valence-electron chi connectivity index (χ1n) is 9.64. The van der Waals surface area contributed by atoms with Crippen molar-refractivity contribution in [2.75, 3.05) is 13.7 Å². The Morgan fingerprint density at radius 2 is 2.04 bits per heavy atom. The average molecular weight is 383 g/mol. The minimum atomic E-state index is -0.348. The summed E-state index contributed by atoms with van der Waals surface area (Å²) in [5.74, 6) is -0.263. The van der Waals surface area contributed by atoms with Crippen LogP contribution in [-0.4, -0.2) is 36.7 Å². The molecule has 7 heteroatoms. The van der Waals surface area contributed by atoms with Crippen LogP contribution in [0.4, 0.5) is 0 Å². The quantitative estimate of drug-likeness (QED) is 0.771. The van der Waals surface area contributed by atoms with Gasteiger partial charge in [-0.05, 0) is 36.8 Å². The molecule has 0 radical (unpaired) electrons. The standard InChI is InChI=1S/C21H25N3O4/c1-11-15-7-23-9-17(20(25)27-3)14(15)6-19(11)28-21(26)18-10-24-12(2)16-8-22-5-4-13(16)18/h4-5,8-12,14-15,19,23-24H,6-7H2,1-3H3/t11-,12+,14+,15-,19+/m1/s1. The maximum absolute atomic E-state index is 13.0. The van der Waals surface area contributed by atoms with E-state index in [9.17, 15) is 9.59 Å². The number of ether oxygens (including phenoxy) is 2. The van der Waals surface area contributed by atoms with Crippen molar-refractivity contribution in [1.29, 1.82) is 0 Å². The van der Waals surface area contributed by atoms with Crippen LogP contribution in [0.2, 0.25) is 0 Å². The third-order valence-electron chi connectivity index (χ3n) is 6.26. The molecule has 4 rings (SSSR count). The van der Waals surface area contributed by atoms with Gasteiger partial charge in [0.2, 0.25) is 0 Å². The molecule has 1 aromatic rings. The molecule has 28 heavy (non-hydrogen) atoms. The molecule has 1 saturated carbocycles. The molecule has 3 aliphatic rings. The van der Waals surface area contributed by atoms with Crippen molar-refractivity contribution in [2.24, 2.45) is 17.8 Å². The summed E-state index contributed by atoms with van der Waals surface area (Å²) < 4.78 is 10.8. The van der Waals surface area contributed by atoms with E-state index in [-0.39, 0.29) is 41.8 Å². The molecule has 0 saturated heterocycles. The normalized spacial score (nSPS) is 30.6. The number of esters is 2. The van der Waals surface area contributed by atoms with Crippen molar-refractivity contribution in [2.45, 2.75) is 32.4 Å². The number of methoxy groups -OCH3 is 1. The predicted octanol–water partition coefficient (Wildman–Crippen LogP) is 1.93. The van der Waals surface area contributed by atoms with Gasteiger partial charge in [-0.1, -0.05) is 6.92 Å². The van der Waals surface area contributed by atoms with E-state index >= 15 is 0 Å². The van der Waals surface area contributed by atoms with Crippen molar-refractivity contribution >= 4 is 17.5 Å². The Bertz CT molecular complexity index is 863. The molecule has 0 bridgehead atoms. The molecule has 3 heterocycles. The largest absolute Gasteiger partial charge is 0.466 e. The van der Waals surface area contributed by atoms with Gasteiger partial charge in [0.25, 0.3) is 0 Å².